The van der Waals surface area contributed by atoms with E-state index in [0.717, 1.165) is 22.6 Å². The first-order chi connectivity index (χ1) is 9.85. The maximum atomic E-state index is 13.7. The summed E-state index contributed by atoms with van der Waals surface area (Å²) in [5, 5.41) is 1.83. The first kappa shape index (κ1) is 16.0. The molecule has 0 atom stereocenters. The van der Waals surface area contributed by atoms with Crippen LogP contribution >= 0.6 is 11.3 Å². The lowest BCUT2D eigenvalue weighted by atomic mass is 10.2. The zero-order valence-corrected chi connectivity index (χ0v) is 12.8. The van der Waals surface area contributed by atoms with E-state index in [1.165, 1.54) is 11.3 Å². The molecule has 2 aromatic rings. The molecule has 8 heteroatoms. The molecule has 1 aromatic heterocycles. The highest BCUT2D eigenvalue weighted by atomic mass is 32.2. The predicted molar refractivity (Wildman–Crippen MR) is 77.3 cm³/mol. The van der Waals surface area contributed by atoms with E-state index in [4.69, 9.17) is 5.73 Å². The van der Waals surface area contributed by atoms with E-state index >= 15 is 0 Å². The Labute approximate surface area is 125 Å². The molecule has 21 heavy (non-hydrogen) atoms. The minimum Gasteiger partial charge on any atom is -0.326 e. The third-order valence-electron chi connectivity index (χ3n) is 2.97. The Bertz CT molecular complexity index is 758. The lowest BCUT2D eigenvalue weighted by Gasteiger charge is -2.09. The van der Waals surface area contributed by atoms with Gasteiger partial charge >= 0.3 is 0 Å². The van der Waals surface area contributed by atoms with Crippen molar-refractivity contribution in [1.82, 2.24) is 4.72 Å². The molecule has 0 radical (unpaired) electrons. The molecule has 0 aliphatic heterocycles. The van der Waals surface area contributed by atoms with E-state index in [1.807, 2.05) is 18.4 Å². The van der Waals surface area contributed by atoms with Gasteiger partial charge in [0.05, 0.1) is 0 Å². The maximum Gasteiger partial charge on any atom is 0.243 e. The number of hydrogen-bond acceptors (Lipinski definition) is 4. The minimum atomic E-state index is -4.15. The highest BCUT2D eigenvalue weighted by molar-refractivity contribution is 7.89. The lowest BCUT2D eigenvalue weighted by molar-refractivity contribution is 0.481. The van der Waals surface area contributed by atoms with Gasteiger partial charge in [0.2, 0.25) is 10.0 Å². The third-order valence-corrected chi connectivity index (χ3v) is 5.39. The van der Waals surface area contributed by atoms with E-state index in [2.05, 4.69) is 4.72 Å². The van der Waals surface area contributed by atoms with Crippen molar-refractivity contribution in [2.45, 2.75) is 24.9 Å². The summed E-state index contributed by atoms with van der Waals surface area (Å²) >= 11 is 1.39. The molecule has 4 nitrogen and oxygen atoms in total. The van der Waals surface area contributed by atoms with Gasteiger partial charge in [-0.3, -0.25) is 0 Å². The highest BCUT2D eigenvalue weighted by Crippen LogP contribution is 2.21. The van der Waals surface area contributed by atoms with Crippen LogP contribution in [0.25, 0.3) is 0 Å². The van der Waals surface area contributed by atoms with Gasteiger partial charge in [0.25, 0.3) is 0 Å². The summed E-state index contributed by atoms with van der Waals surface area (Å²) in [6, 6.07) is 3.78. The molecule has 1 heterocycles. The Balaban J connectivity index is 2.31. The fraction of sp³-hybridized carbons (Fsp3) is 0.231. The van der Waals surface area contributed by atoms with E-state index in [9.17, 15) is 17.2 Å². The molecule has 0 saturated heterocycles. The SMILES string of the molecule is Cc1ccsc1CNS(=O)(=O)c1cc(CN)cc(F)c1F. The Morgan fingerprint density at radius 1 is 1.33 bits per heavy atom. The number of halogens is 2. The van der Waals surface area contributed by atoms with Gasteiger partial charge in [-0.15, -0.1) is 11.3 Å². The average molecular weight is 332 g/mol. The van der Waals surface area contributed by atoms with Crippen molar-refractivity contribution in [2.24, 2.45) is 5.73 Å². The van der Waals surface area contributed by atoms with Crippen molar-refractivity contribution < 1.29 is 17.2 Å². The van der Waals surface area contributed by atoms with Crippen molar-refractivity contribution in [3.8, 4) is 0 Å². The molecule has 0 aliphatic rings. The van der Waals surface area contributed by atoms with Crippen LogP contribution in [-0.2, 0) is 23.1 Å². The van der Waals surface area contributed by atoms with E-state index < -0.39 is 26.6 Å². The standard InChI is InChI=1S/C13H14F2N2O2S2/c1-8-2-3-20-11(8)7-17-21(18,19)12-5-9(6-16)4-10(14)13(12)15/h2-5,17H,6-7,16H2,1H3. The minimum absolute atomic E-state index is 0.0275. The molecule has 0 spiro atoms. The van der Waals surface area contributed by atoms with Crippen LogP contribution in [0.1, 0.15) is 16.0 Å². The Hall–Kier alpha value is -1.35. The maximum absolute atomic E-state index is 13.7. The largest absolute Gasteiger partial charge is 0.326 e. The summed E-state index contributed by atoms with van der Waals surface area (Å²) < 4.78 is 53.7. The molecule has 0 amide bonds. The summed E-state index contributed by atoms with van der Waals surface area (Å²) in [6.45, 7) is 1.79. The summed E-state index contributed by atoms with van der Waals surface area (Å²) in [5.41, 5.74) is 6.49. The summed E-state index contributed by atoms with van der Waals surface area (Å²) in [5.74, 6) is -2.63. The van der Waals surface area contributed by atoms with E-state index in [1.54, 1.807) is 0 Å². The number of aryl methyl sites for hydroxylation is 1. The zero-order chi connectivity index (χ0) is 15.6. The molecule has 0 saturated carbocycles. The topological polar surface area (TPSA) is 72.2 Å². The van der Waals surface area contributed by atoms with Crippen LogP contribution in [0.2, 0.25) is 0 Å². The van der Waals surface area contributed by atoms with Crippen LogP contribution in [-0.4, -0.2) is 8.42 Å². The summed E-state index contributed by atoms with van der Waals surface area (Å²) in [4.78, 5) is 0.0894. The fourth-order valence-corrected chi connectivity index (χ4v) is 3.82. The smallest absolute Gasteiger partial charge is 0.243 e. The molecular formula is C13H14F2N2O2S2. The fourth-order valence-electron chi connectivity index (χ4n) is 1.75. The van der Waals surface area contributed by atoms with Crippen LogP contribution in [0.15, 0.2) is 28.5 Å². The second-order valence-corrected chi connectivity index (χ2v) is 7.18. The van der Waals surface area contributed by atoms with Crippen molar-refractivity contribution >= 4 is 21.4 Å². The van der Waals surface area contributed by atoms with Gasteiger partial charge < -0.3 is 5.73 Å². The summed E-state index contributed by atoms with van der Waals surface area (Å²) in [6.07, 6.45) is 0. The molecular weight excluding hydrogens is 318 g/mol. The Kier molecular flexibility index (Phi) is 4.72. The second-order valence-electron chi connectivity index (χ2n) is 4.45. The van der Waals surface area contributed by atoms with Crippen LogP contribution in [0, 0.1) is 18.6 Å². The number of nitrogens with one attached hydrogen (secondary N) is 1. The number of hydrogen-bond donors (Lipinski definition) is 2. The number of rotatable bonds is 5. The summed E-state index contributed by atoms with van der Waals surface area (Å²) in [7, 11) is -4.15. The number of benzene rings is 1. The van der Waals surface area contributed by atoms with Gasteiger partial charge in [-0.25, -0.2) is 21.9 Å². The molecule has 114 valence electrons. The van der Waals surface area contributed by atoms with Gasteiger partial charge in [-0.2, -0.15) is 0 Å². The monoisotopic (exact) mass is 332 g/mol. The lowest BCUT2D eigenvalue weighted by Crippen LogP contribution is -2.24. The molecule has 0 fully saturated rings. The molecule has 0 unspecified atom stereocenters. The number of thiophene rings is 1. The normalized spacial score (nSPS) is 11.8. The van der Waals surface area contributed by atoms with Gasteiger partial charge in [0, 0.05) is 18.0 Å². The van der Waals surface area contributed by atoms with Crippen LogP contribution in [0.4, 0.5) is 8.78 Å². The number of nitrogens with two attached hydrogens (primary N) is 1. The molecule has 0 aliphatic carbocycles. The third kappa shape index (κ3) is 3.46. The molecule has 1 aromatic carbocycles. The highest BCUT2D eigenvalue weighted by Gasteiger charge is 2.23. The van der Waals surface area contributed by atoms with E-state index in [-0.39, 0.29) is 18.7 Å². The molecule has 0 bridgehead atoms. The molecule has 2 rings (SSSR count). The first-order valence-corrected chi connectivity index (χ1v) is 8.42. The quantitative estimate of drug-likeness (QED) is 0.882. The zero-order valence-electron chi connectivity index (χ0n) is 11.2. The van der Waals surface area contributed by atoms with Gasteiger partial charge in [0.1, 0.15) is 4.90 Å². The van der Waals surface area contributed by atoms with Crippen LogP contribution in [0.3, 0.4) is 0 Å². The number of sulfonamides is 1. The van der Waals surface area contributed by atoms with Gasteiger partial charge in [-0.1, -0.05) is 0 Å². The van der Waals surface area contributed by atoms with Crippen molar-refractivity contribution in [3.05, 3.63) is 51.2 Å². The Morgan fingerprint density at radius 3 is 2.62 bits per heavy atom. The van der Waals surface area contributed by atoms with Crippen molar-refractivity contribution in [1.29, 1.82) is 0 Å². The van der Waals surface area contributed by atoms with Crippen LogP contribution in [0.5, 0.6) is 0 Å². The predicted octanol–water partition coefficient (Wildman–Crippen LogP) is 2.27. The second kappa shape index (κ2) is 6.18. The first-order valence-electron chi connectivity index (χ1n) is 6.05. The van der Waals surface area contributed by atoms with Crippen LogP contribution < -0.4 is 10.5 Å². The van der Waals surface area contributed by atoms with Crippen molar-refractivity contribution in [2.75, 3.05) is 0 Å². The average Bonchev–Trinajstić information content (AvgIpc) is 2.84. The Morgan fingerprint density at radius 2 is 2.05 bits per heavy atom. The van der Waals surface area contributed by atoms with Crippen molar-refractivity contribution in [3.63, 3.8) is 0 Å². The molecule has 3 N–H and O–H groups in total. The van der Waals surface area contributed by atoms with Gasteiger partial charge in [-0.05, 0) is 41.6 Å². The van der Waals surface area contributed by atoms with E-state index in [0.29, 0.717) is 0 Å². The van der Waals surface area contributed by atoms with Gasteiger partial charge in [0.15, 0.2) is 11.6 Å².